The summed E-state index contributed by atoms with van der Waals surface area (Å²) in [6.45, 7) is 4.33. The quantitative estimate of drug-likeness (QED) is 0.528. The zero-order valence-electron chi connectivity index (χ0n) is 16.3. The van der Waals surface area contributed by atoms with Gasteiger partial charge in [-0.3, -0.25) is 9.59 Å². The standard InChI is InChI=1S/C21H23Cl3N2O2S/c1-3-25-21(28)14(2)26(11-15-8-9-18(23)19(24)10-15)20(27)13-29-12-16-6-4-5-7-17(16)22/h4-10,14H,3,11-13H2,1-2H3,(H,25,28)/t14-/m1/s1. The van der Waals surface area contributed by atoms with E-state index in [2.05, 4.69) is 5.32 Å². The SMILES string of the molecule is CCNC(=O)[C@@H](C)N(Cc1ccc(Cl)c(Cl)c1)C(=O)CSCc1ccccc1Cl. The predicted molar refractivity (Wildman–Crippen MR) is 123 cm³/mol. The number of thioether (sulfide) groups is 1. The van der Waals surface area contributed by atoms with Gasteiger partial charge in [0.2, 0.25) is 11.8 Å². The molecule has 4 nitrogen and oxygen atoms in total. The number of benzene rings is 2. The summed E-state index contributed by atoms with van der Waals surface area (Å²) < 4.78 is 0. The van der Waals surface area contributed by atoms with Crippen LogP contribution >= 0.6 is 46.6 Å². The zero-order chi connectivity index (χ0) is 21.4. The number of rotatable bonds is 9. The third kappa shape index (κ3) is 7.10. The second-order valence-corrected chi connectivity index (χ2v) is 8.63. The van der Waals surface area contributed by atoms with E-state index in [9.17, 15) is 9.59 Å². The maximum atomic E-state index is 13.0. The van der Waals surface area contributed by atoms with Crippen LogP contribution in [0.2, 0.25) is 15.1 Å². The second-order valence-electron chi connectivity index (χ2n) is 6.42. The molecular formula is C21H23Cl3N2O2S. The molecule has 2 rings (SSSR count). The van der Waals surface area contributed by atoms with Crippen LogP contribution in [-0.2, 0) is 21.9 Å². The van der Waals surface area contributed by atoms with Gasteiger partial charge in [0.05, 0.1) is 15.8 Å². The van der Waals surface area contributed by atoms with Crippen LogP contribution in [0, 0.1) is 0 Å². The monoisotopic (exact) mass is 472 g/mol. The van der Waals surface area contributed by atoms with Crippen molar-refractivity contribution in [3.05, 3.63) is 68.7 Å². The molecule has 2 aromatic carbocycles. The first-order valence-electron chi connectivity index (χ1n) is 9.15. The lowest BCUT2D eigenvalue weighted by atomic mass is 10.1. The zero-order valence-corrected chi connectivity index (χ0v) is 19.3. The van der Waals surface area contributed by atoms with E-state index in [0.29, 0.717) is 27.4 Å². The maximum absolute atomic E-state index is 13.0. The summed E-state index contributed by atoms with van der Waals surface area (Å²) in [5.41, 5.74) is 1.78. The van der Waals surface area contributed by atoms with E-state index < -0.39 is 6.04 Å². The van der Waals surface area contributed by atoms with Gasteiger partial charge in [-0.15, -0.1) is 11.8 Å². The van der Waals surface area contributed by atoms with Gasteiger partial charge < -0.3 is 10.2 Å². The molecule has 1 atom stereocenters. The van der Waals surface area contributed by atoms with Gasteiger partial charge in [0.15, 0.2) is 0 Å². The van der Waals surface area contributed by atoms with E-state index >= 15 is 0 Å². The van der Waals surface area contributed by atoms with Gasteiger partial charge in [-0.1, -0.05) is 59.1 Å². The van der Waals surface area contributed by atoms with Crippen molar-refractivity contribution in [1.82, 2.24) is 10.2 Å². The molecular weight excluding hydrogens is 451 g/mol. The van der Waals surface area contributed by atoms with Gasteiger partial charge in [-0.25, -0.2) is 0 Å². The number of halogens is 3. The Labute approximate surface area is 190 Å². The minimum atomic E-state index is -0.613. The van der Waals surface area contributed by atoms with Crippen LogP contribution in [-0.4, -0.2) is 35.1 Å². The molecule has 29 heavy (non-hydrogen) atoms. The highest BCUT2D eigenvalue weighted by Gasteiger charge is 2.25. The molecule has 0 saturated carbocycles. The predicted octanol–water partition coefficient (Wildman–Crippen LogP) is 5.43. The molecule has 0 aliphatic rings. The largest absolute Gasteiger partial charge is 0.355 e. The summed E-state index contributed by atoms with van der Waals surface area (Å²) in [4.78, 5) is 26.9. The summed E-state index contributed by atoms with van der Waals surface area (Å²) in [5.74, 6) is 0.515. The second kappa shape index (κ2) is 11.7. The average molecular weight is 474 g/mol. The lowest BCUT2D eigenvalue weighted by Crippen LogP contribution is -2.48. The van der Waals surface area contributed by atoms with E-state index in [1.807, 2.05) is 31.2 Å². The van der Waals surface area contributed by atoms with E-state index in [1.54, 1.807) is 30.0 Å². The number of nitrogens with zero attached hydrogens (tertiary/aromatic N) is 1. The van der Waals surface area contributed by atoms with Crippen molar-refractivity contribution in [2.75, 3.05) is 12.3 Å². The summed E-state index contributed by atoms with van der Waals surface area (Å²) >= 11 is 19.7. The number of carbonyl (C=O) groups is 2. The fraction of sp³-hybridized carbons (Fsp3) is 0.333. The van der Waals surface area contributed by atoms with Crippen molar-refractivity contribution in [2.45, 2.75) is 32.2 Å². The molecule has 0 heterocycles. The number of nitrogens with one attached hydrogen (secondary N) is 1. The fourth-order valence-corrected chi connectivity index (χ4v) is 4.20. The Bertz CT molecular complexity index is 864. The molecule has 0 aromatic heterocycles. The average Bonchev–Trinajstić information content (AvgIpc) is 2.69. The van der Waals surface area contributed by atoms with Crippen molar-refractivity contribution in [3.8, 4) is 0 Å². The molecule has 2 aromatic rings. The highest BCUT2D eigenvalue weighted by molar-refractivity contribution is 7.99. The van der Waals surface area contributed by atoms with Crippen LogP contribution in [0.5, 0.6) is 0 Å². The summed E-state index contributed by atoms with van der Waals surface area (Å²) in [7, 11) is 0. The van der Waals surface area contributed by atoms with Gasteiger partial charge in [-0.2, -0.15) is 0 Å². The molecule has 1 N–H and O–H groups in total. The number of hydrogen-bond acceptors (Lipinski definition) is 3. The van der Waals surface area contributed by atoms with E-state index in [-0.39, 0.29) is 24.1 Å². The minimum Gasteiger partial charge on any atom is -0.355 e. The lowest BCUT2D eigenvalue weighted by molar-refractivity contribution is -0.138. The molecule has 0 radical (unpaired) electrons. The molecule has 0 spiro atoms. The maximum Gasteiger partial charge on any atom is 0.242 e. The van der Waals surface area contributed by atoms with Crippen molar-refractivity contribution >= 4 is 58.4 Å². The first-order chi connectivity index (χ1) is 13.8. The van der Waals surface area contributed by atoms with Gasteiger partial charge >= 0.3 is 0 Å². The van der Waals surface area contributed by atoms with E-state index in [4.69, 9.17) is 34.8 Å². The van der Waals surface area contributed by atoms with Crippen molar-refractivity contribution in [2.24, 2.45) is 0 Å². The fourth-order valence-electron chi connectivity index (χ4n) is 2.69. The highest BCUT2D eigenvalue weighted by Crippen LogP contribution is 2.25. The molecule has 0 fully saturated rings. The first kappa shape index (κ1) is 23.9. The number of likely N-dealkylation sites (N-methyl/N-ethyl adjacent to an activating group) is 1. The smallest absolute Gasteiger partial charge is 0.242 e. The molecule has 2 amide bonds. The van der Waals surface area contributed by atoms with E-state index in [0.717, 1.165) is 11.1 Å². The molecule has 156 valence electrons. The molecule has 0 aliphatic heterocycles. The summed E-state index contributed by atoms with van der Waals surface area (Å²) in [6, 6.07) is 12.1. The van der Waals surface area contributed by atoms with Crippen LogP contribution in [0.4, 0.5) is 0 Å². The number of carbonyl (C=O) groups excluding carboxylic acids is 2. The van der Waals surface area contributed by atoms with Gasteiger partial charge in [-0.05, 0) is 43.2 Å². The Kier molecular flexibility index (Phi) is 9.63. The highest BCUT2D eigenvalue weighted by atomic mass is 35.5. The Morgan fingerprint density at radius 3 is 2.45 bits per heavy atom. The molecule has 0 aliphatic carbocycles. The first-order valence-corrected chi connectivity index (χ1v) is 11.4. The van der Waals surface area contributed by atoms with E-state index in [1.165, 1.54) is 11.8 Å². The van der Waals surface area contributed by atoms with Gasteiger partial charge in [0.1, 0.15) is 6.04 Å². The van der Waals surface area contributed by atoms with Gasteiger partial charge in [0.25, 0.3) is 0 Å². The lowest BCUT2D eigenvalue weighted by Gasteiger charge is -2.28. The molecule has 8 heteroatoms. The van der Waals surface area contributed by atoms with Crippen LogP contribution < -0.4 is 5.32 Å². The Balaban J connectivity index is 2.10. The van der Waals surface area contributed by atoms with Crippen molar-refractivity contribution < 1.29 is 9.59 Å². The van der Waals surface area contributed by atoms with Crippen LogP contribution in [0.25, 0.3) is 0 Å². The molecule has 0 unspecified atom stereocenters. The van der Waals surface area contributed by atoms with Crippen LogP contribution in [0.1, 0.15) is 25.0 Å². The third-order valence-electron chi connectivity index (χ3n) is 4.30. The molecule has 0 bridgehead atoms. The minimum absolute atomic E-state index is 0.133. The van der Waals surface area contributed by atoms with Crippen LogP contribution in [0.15, 0.2) is 42.5 Å². The number of hydrogen-bond donors (Lipinski definition) is 1. The normalized spacial score (nSPS) is 11.8. The van der Waals surface area contributed by atoms with Crippen molar-refractivity contribution in [1.29, 1.82) is 0 Å². The summed E-state index contributed by atoms with van der Waals surface area (Å²) in [5, 5.41) is 4.31. The Hall–Kier alpha value is -1.40. The van der Waals surface area contributed by atoms with Gasteiger partial charge in [0, 0.05) is 23.9 Å². The van der Waals surface area contributed by atoms with Crippen LogP contribution in [0.3, 0.4) is 0 Å². The third-order valence-corrected chi connectivity index (χ3v) is 6.37. The number of amides is 2. The van der Waals surface area contributed by atoms with Crippen molar-refractivity contribution in [3.63, 3.8) is 0 Å². The Morgan fingerprint density at radius 2 is 1.79 bits per heavy atom. The topological polar surface area (TPSA) is 49.4 Å². The Morgan fingerprint density at radius 1 is 1.07 bits per heavy atom. The molecule has 0 saturated heterocycles. The summed E-state index contributed by atoms with van der Waals surface area (Å²) in [6.07, 6.45) is 0.